The molecule has 0 radical (unpaired) electrons. The number of pyridine rings is 1. The Labute approximate surface area is 106 Å². The molecule has 0 aliphatic carbocycles. The predicted molar refractivity (Wildman–Crippen MR) is 69.4 cm³/mol. The summed E-state index contributed by atoms with van der Waals surface area (Å²) in [7, 11) is 1.70. The van der Waals surface area contributed by atoms with E-state index in [9.17, 15) is 9.59 Å². The fraction of sp³-hybridized carbons (Fsp3) is 0.417. The monoisotopic (exact) mass is 250 g/mol. The third-order valence-corrected chi connectivity index (χ3v) is 2.30. The predicted octanol–water partition coefficient (Wildman–Crippen LogP) is 0.379. The van der Waals surface area contributed by atoms with Gasteiger partial charge in [-0.1, -0.05) is 0 Å². The molecule has 0 aliphatic rings. The number of nitrogens with zero attached hydrogens (tertiary/aromatic N) is 1. The van der Waals surface area contributed by atoms with Crippen molar-refractivity contribution in [1.82, 2.24) is 15.6 Å². The number of carbonyl (C=O) groups is 2. The summed E-state index contributed by atoms with van der Waals surface area (Å²) >= 11 is 0. The fourth-order valence-corrected chi connectivity index (χ4v) is 1.46. The normalized spacial score (nSPS) is 9.67. The molecule has 98 valence electrons. The van der Waals surface area contributed by atoms with Gasteiger partial charge in [-0.2, -0.15) is 0 Å². The van der Waals surface area contributed by atoms with E-state index in [0.29, 0.717) is 24.5 Å². The van der Waals surface area contributed by atoms with Gasteiger partial charge in [0.2, 0.25) is 5.91 Å². The van der Waals surface area contributed by atoms with Crippen LogP contribution in [0.2, 0.25) is 0 Å². The molecule has 18 heavy (non-hydrogen) atoms. The molecule has 3 N–H and O–H groups in total. The maximum absolute atomic E-state index is 11.8. The highest BCUT2D eigenvalue weighted by molar-refractivity contribution is 5.98. The van der Waals surface area contributed by atoms with Crippen molar-refractivity contribution in [2.45, 2.75) is 13.3 Å². The molecule has 0 spiro atoms. The number of anilines is 1. The van der Waals surface area contributed by atoms with Crippen LogP contribution >= 0.6 is 0 Å². The Balaban J connectivity index is 2.48. The molecule has 1 aromatic rings. The van der Waals surface area contributed by atoms with Crippen LogP contribution in [0.15, 0.2) is 18.3 Å². The van der Waals surface area contributed by atoms with Crippen molar-refractivity contribution in [1.29, 1.82) is 0 Å². The van der Waals surface area contributed by atoms with Gasteiger partial charge >= 0.3 is 0 Å². The van der Waals surface area contributed by atoms with Crippen molar-refractivity contribution in [3.63, 3.8) is 0 Å². The third-order valence-electron chi connectivity index (χ3n) is 2.30. The maximum atomic E-state index is 11.8. The summed E-state index contributed by atoms with van der Waals surface area (Å²) in [5.74, 6) is 0.211. The summed E-state index contributed by atoms with van der Waals surface area (Å²) in [4.78, 5) is 27.1. The molecule has 0 unspecified atom stereocenters. The van der Waals surface area contributed by atoms with Gasteiger partial charge in [0.05, 0.1) is 5.56 Å². The van der Waals surface area contributed by atoms with Crippen molar-refractivity contribution in [2.75, 3.05) is 25.5 Å². The first kappa shape index (κ1) is 14.0. The number of hydrogen-bond donors (Lipinski definition) is 3. The van der Waals surface area contributed by atoms with E-state index in [1.165, 1.54) is 0 Å². The smallest absolute Gasteiger partial charge is 0.255 e. The number of carbonyl (C=O) groups excluding carboxylic acids is 2. The Bertz CT molecular complexity index is 420. The molecular formula is C12H18N4O2. The highest BCUT2D eigenvalue weighted by Gasteiger charge is 2.10. The molecule has 1 heterocycles. The summed E-state index contributed by atoms with van der Waals surface area (Å²) in [6, 6.07) is 3.37. The van der Waals surface area contributed by atoms with Gasteiger partial charge in [-0.15, -0.1) is 0 Å². The number of aromatic nitrogens is 1. The summed E-state index contributed by atoms with van der Waals surface area (Å²) in [6.07, 6.45) is 1.88. The maximum Gasteiger partial charge on any atom is 0.255 e. The second-order valence-corrected chi connectivity index (χ2v) is 3.61. The lowest BCUT2D eigenvalue weighted by Crippen LogP contribution is -2.31. The molecule has 0 aliphatic heterocycles. The van der Waals surface area contributed by atoms with E-state index in [4.69, 9.17) is 0 Å². The molecule has 1 rings (SSSR count). The van der Waals surface area contributed by atoms with Gasteiger partial charge < -0.3 is 16.0 Å². The lowest BCUT2D eigenvalue weighted by Gasteiger charge is -2.08. The van der Waals surface area contributed by atoms with Crippen molar-refractivity contribution >= 4 is 17.6 Å². The highest BCUT2D eigenvalue weighted by atomic mass is 16.2. The molecule has 0 saturated heterocycles. The molecule has 0 saturated carbocycles. The first-order valence-corrected chi connectivity index (χ1v) is 5.86. The second-order valence-electron chi connectivity index (χ2n) is 3.61. The van der Waals surface area contributed by atoms with E-state index in [1.54, 1.807) is 25.4 Å². The van der Waals surface area contributed by atoms with E-state index in [0.717, 1.165) is 0 Å². The summed E-state index contributed by atoms with van der Waals surface area (Å²) in [5, 5.41) is 8.19. The molecule has 2 amide bonds. The van der Waals surface area contributed by atoms with Crippen molar-refractivity contribution in [3.05, 3.63) is 23.9 Å². The Morgan fingerprint density at radius 3 is 2.78 bits per heavy atom. The largest absolute Gasteiger partial charge is 0.372 e. The van der Waals surface area contributed by atoms with E-state index in [-0.39, 0.29) is 18.2 Å². The van der Waals surface area contributed by atoms with Crippen LogP contribution in [0.4, 0.5) is 5.82 Å². The van der Waals surface area contributed by atoms with Crippen molar-refractivity contribution in [3.8, 4) is 0 Å². The van der Waals surface area contributed by atoms with E-state index >= 15 is 0 Å². The van der Waals surface area contributed by atoms with Gasteiger partial charge in [-0.3, -0.25) is 9.59 Å². The van der Waals surface area contributed by atoms with Crippen LogP contribution in [0.1, 0.15) is 23.7 Å². The minimum Gasteiger partial charge on any atom is -0.372 e. The van der Waals surface area contributed by atoms with Gasteiger partial charge in [0, 0.05) is 32.8 Å². The molecule has 1 aromatic heterocycles. The number of rotatable bonds is 6. The van der Waals surface area contributed by atoms with Crippen LogP contribution in [-0.4, -0.2) is 36.9 Å². The zero-order chi connectivity index (χ0) is 13.4. The number of amides is 2. The Morgan fingerprint density at radius 2 is 2.11 bits per heavy atom. The Morgan fingerprint density at radius 1 is 1.33 bits per heavy atom. The summed E-state index contributed by atoms with van der Waals surface area (Å²) in [6.45, 7) is 2.76. The summed E-state index contributed by atoms with van der Waals surface area (Å²) in [5.41, 5.74) is 0.468. The zero-order valence-corrected chi connectivity index (χ0v) is 10.6. The van der Waals surface area contributed by atoms with Crippen LogP contribution in [0, 0.1) is 0 Å². The lowest BCUT2D eigenvalue weighted by molar-refractivity contribution is -0.120. The topological polar surface area (TPSA) is 83.1 Å². The molecule has 6 heteroatoms. The Hall–Kier alpha value is -2.11. The average Bonchev–Trinajstić information content (AvgIpc) is 2.38. The Kier molecular flexibility index (Phi) is 5.63. The van der Waals surface area contributed by atoms with Gasteiger partial charge in [-0.05, 0) is 19.1 Å². The highest BCUT2D eigenvalue weighted by Crippen LogP contribution is 2.09. The lowest BCUT2D eigenvalue weighted by atomic mass is 10.2. The average molecular weight is 250 g/mol. The molecule has 0 atom stereocenters. The third kappa shape index (κ3) is 4.04. The van der Waals surface area contributed by atoms with Crippen LogP contribution in [0.25, 0.3) is 0 Å². The van der Waals surface area contributed by atoms with Crippen LogP contribution in [0.5, 0.6) is 0 Å². The van der Waals surface area contributed by atoms with Crippen LogP contribution < -0.4 is 16.0 Å². The van der Waals surface area contributed by atoms with Gasteiger partial charge in [0.1, 0.15) is 5.82 Å². The van der Waals surface area contributed by atoms with Crippen molar-refractivity contribution < 1.29 is 9.59 Å². The van der Waals surface area contributed by atoms with Gasteiger partial charge in [-0.25, -0.2) is 4.98 Å². The summed E-state index contributed by atoms with van der Waals surface area (Å²) < 4.78 is 0. The van der Waals surface area contributed by atoms with Gasteiger partial charge in [0.25, 0.3) is 5.91 Å². The molecular weight excluding hydrogens is 232 g/mol. The standard InChI is InChI=1S/C12H18N4O2/c1-3-14-10(17)6-8-16-12(18)9-5-4-7-15-11(9)13-2/h4-5,7H,3,6,8H2,1-2H3,(H,13,15)(H,14,17)(H,16,18). The molecule has 0 bridgehead atoms. The van der Waals surface area contributed by atoms with Crippen molar-refractivity contribution in [2.24, 2.45) is 0 Å². The fourth-order valence-electron chi connectivity index (χ4n) is 1.46. The minimum atomic E-state index is -0.239. The molecule has 0 aromatic carbocycles. The molecule has 0 fully saturated rings. The van der Waals surface area contributed by atoms with Crippen LogP contribution in [-0.2, 0) is 4.79 Å². The molecule has 6 nitrogen and oxygen atoms in total. The second kappa shape index (κ2) is 7.26. The van der Waals surface area contributed by atoms with Crippen LogP contribution in [0.3, 0.4) is 0 Å². The van der Waals surface area contributed by atoms with Gasteiger partial charge in [0.15, 0.2) is 0 Å². The first-order chi connectivity index (χ1) is 8.69. The number of nitrogens with one attached hydrogen (secondary N) is 3. The quantitative estimate of drug-likeness (QED) is 0.681. The minimum absolute atomic E-state index is 0.0715. The number of hydrogen-bond acceptors (Lipinski definition) is 4. The van der Waals surface area contributed by atoms with E-state index in [1.807, 2.05) is 6.92 Å². The first-order valence-electron chi connectivity index (χ1n) is 5.86. The SMILES string of the molecule is CCNC(=O)CCNC(=O)c1cccnc1NC. The van der Waals surface area contributed by atoms with E-state index in [2.05, 4.69) is 20.9 Å². The van der Waals surface area contributed by atoms with E-state index < -0.39 is 0 Å². The zero-order valence-electron chi connectivity index (χ0n) is 10.6.